The van der Waals surface area contributed by atoms with Gasteiger partial charge in [-0.1, -0.05) is 19.1 Å². The van der Waals surface area contributed by atoms with E-state index in [1.54, 1.807) is 12.1 Å². The summed E-state index contributed by atoms with van der Waals surface area (Å²) in [6.07, 6.45) is 0.0491. The Morgan fingerprint density at radius 2 is 1.95 bits per heavy atom. The Morgan fingerprint density at radius 1 is 1.32 bits per heavy atom. The quantitative estimate of drug-likeness (QED) is 0.726. The first-order valence-electron chi connectivity index (χ1n) is 5.97. The number of benzene rings is 1. The molecule has 1 amide bonds. The molecule has 0 unspecified atom stereocenters. The van der Waals surface area contributed by atoms with Crippen LogP contribution >= 0.6 is 0 Å². The molecule has 0 bridgehead atoms. The van der Waals surface area contributed by atoms with E-state index in [0.29, 0.717) is 12.0 Å². The Balaban J connectivity index is 2.60. The maximum absolute atomic E-state index is 11.3. The van der Waals surface area contributed by atoms with Crippen LogP contribution in [-0.4, -0.2) is 34.9 Å². The molecule has 1 atom stereocenters. The van der Waals surface area contributed by atoms with Gasteiger partial charge in [-0.3, -0.25) is 0 Å². The molecule has 0 aliphatic carbocycles. The van der Waals surface area contributed by atoms with Gasteiger partial charge in [-0.05, 0) is 24.1 Å². The Hall–Kier alpha value is -2.24. The van der Waals surface area contributed by atoms with Crippen LogP contribution in [0.15, 0.2) is 24.3 Å². The van der Waals surface area contributed by atoms with Gasteiger partial charge in [-0.25, -0.2) is 9.59 Å². The number of rotatable bonds is 6. The summed E-state index contributed by atoms with van der Waals surface area (Å²) in [4.78, 5) is 22.4. The number of carbonyl (C=O) groups excluding carboxylic acids is 1. The van der Waals surface area contributed by atoms with Gasteiger partial charge < -0.3 is 20.3 Å². The van der Waals surface area contributed by atoms with Crippen molar-refractivity contribution in [2.45, 2.75) is 25.8 Å². The van der Waals surface area contributed by atoms with E-state index in [1.807, 2.05) is 6.92 Å². The monoisotopic (exact) mass is 267 g/mol. The van der Waals surface area contributed by atoms with Gasteiger partial charge in [0.25, 0.3) is 0 Å². The van der Waals surface area contributed by atoms with E-state index in [9.17, 15) is 9.59 Å². The van der Waals surface area contributed by atoms with Crippen LogP contribution in [0.5, 0.6) is 5.75 Å². The second kappa shape index (κ2) is 7.25. The van der Waals surface area contributed by atoms with Gasteiger partial charge in [0, 0.05) is 6.42 Å². The van der Waals surface area contributed by atoms with E-state index in [-0.39, 0.29) is 18.8 Å². The fourth-order valence-corrected chi connectivity index (χ4v) is 1.45. The zero-order valence-corrected chi connectivity index (χ0v) is 10.6. The number of aliphatic carboxylic acids is 1. The first kappa shape index (κ1) is 14.8. The Bertz CT molecular complexity index is 429. The lowest BCUT2D eigenvalue weighted by atomic mass is 10.1. The molecule has 1 aromatic rings. The summed E-state index contributed by atoms with van der Waals surface area (Å²) in [7, 11) is 0. The average molecular weight is 267 g/mol. The molecule has 3 N–H and O–H groups in total. The van der Waals surface area contributed by atoms with Crippen LogP contribution in [0.3, 0.4) is 0 Å². The molecule has 19 heavy (non-hydrogen) atoms. The predicted molar refractivity (Wildman–Crippen MR) is 68.0 cm³/mol. The van der Waals surface area contributed by atoms with Crippen molar-refractivity contribution >= 4 is 12.1 Å². The molecular formula is C13H17NO5. The van der Waals surface area contributed by atoms with E-state index >= 15 is 0 Å². The van der Waals surface area contributed by atoms with E-state index in [4.69, 9.17) is 14.9 Å². The fourth-order valence-electron chi connectivity index (χ4n) is 1.45. The van der Waals surface area contributed by atoms with Gasteiger partial charge in [0.15, 0.2) is 0 Å². The normalized spacial score (nSPS) is 11.6. The number of aromatic hydroxyl groups is 1. The number of hydrogen-bond acceptors (Lipinski definition) is 4. The van der Waals surface area contributed by atoms with Gasteiger partial charge >= 0.3 is 12.1 Å². The molecule has 0 aliphatic rings. The maximum Gasteiger partial charge on any atom is 0.407 e. The predicted octanol–water partition coefficient (Wildman–Crippen LogP) is 1.52. The van der Waals surface area contributed by atoms with Crippen molar-refractivity contribution in [1.29, 1.82) is 0 Å². The van der Waals surface area contributed by atoms with Crippen molar-refractivity contribution in [2.75, 3.05) is 6.61 Å². The van der Waals surface area contributed by atoms with E-state index in [1.165, 1.54) is 12.1 Å². The molecular weight excluding hydrogens is 250 g/mol. The van der Waals surface area contributed by atoms with Crippen LogP contribution in [-0.2, 0) is 16.0 Å². The number of carboxylic acid groups (broad SMARTS) is 1. The molecule has 6 nitrogen and oxygen atoms in total. The number of phenolic OH excluding ortho intramolecular Hbond substituents is 1. The molecule has 0 aromatic heterocycles. The third-order valence-corrected chi connectivity index (χ3v) is 2.40. The van der Waals surface area contributed by atoms with Gasteiger partial charge in [-0.15, -0.1) is 0 Å². The van der Waals surface area contributed by atoms with Crippen LogP contribution in [0.2, 0.25) is 0 Å². The average Bonchev–Trinajstić information content (AvgIpc) is 2.38. The van der Waals surface area contributed by atoms with Gasteiger partial charge in [0.2, 0.25) is 0 Å². The summed E-state index contributed by atoms with van der Waals surface area (Å²) >= 11 is 0. The summed E-state index contributed by atoms with van der Waals surface area (Å²) in [6.45, 7) is 2.09. The number of amides is 1. The third-order valence-electron chi connectivity index (χ3n) is 2.40. The highest BCUT2D eigenvalue weighted by molar-refractivity contribution is 5.80. The highest BCUT2D eigenvalue weighted by atomic mass is 16.5. The van der Waals surface area contributed by atoms with Crippen LogP contribution in [0.1, 0.15) is 18.9 Å². The molecule has 0 saturated heterocycles. The lowest BCUT2D eigenvalue weighted by Crippen LogP contribution is -2.42. The zero-order chi connectivity index (χ0) is 14.3. The molecule has 0 heterocycles. The Kier molecular flexibility index (Phi) is 5.66. The Labute approximate surface area is 111 Å². The molecule has 1 aromatic carbocycles. The highest BCUT2D eigenvalue weighted by Gasteiger charge is 2.20. The SMILES string of the molecule is CCCOC(=O)N[C@H](Cc1ccc(O)cc1)C(=O)O. The summed E-state index contributed by atoms with van der Waals surface area (Å²) < 4.78 is 4.78. The largest absolute Gasteiger partial charge is 0.508 e. The molecule has 6 heteroatoms. The van der Waals surface area contributed by atoms with E-state index < -0.39 is 18.1 Å². The molecule has 0 aliphatic heterocycles. The first-order valence-corrected chi connectivity index (χ1v) is 5.97. The summed E-state index contributed by atoms with van der Waals surface area (Å²) in [5, 5.41) is 20.5. The van der Waals surface area contributed by atoms with Crippen molar-refractivity contribution in [2.24, 2.45) is 0 Å². The van der Waals surface area contributed by atoms with Gasteiger partial charge in [-0.2, -0.15) is 0 Å². The van der Waals surface area contributed by atoms with E-state index in [2.05, 4.69) is 5.32 Å². The highest BCUT2D eigenvalue weighted by Crippen LogP contribution is 2.11. The van der Waals surface area contributed by atoms with Crippen molar-refractivity contribution in [3.05, 3.63) is 29.8 Å². The smallest absolute Gasteiger partial charge is 0.407 e. The van der Waals surface area contributed by atoms with Crippen molar-refractivity contribution in [3.63, 3.8) is 0 Å². The standard InChI is InChI=1S/C13H17NO5/c1-2-7-19-13(18)14-11(12(16)17)8-9-3-5-10(15)6-4-9/h3-6,11,15H,2,7-8H2,1H3,(H,14,18)(H,16,17)/t11-/m1/s1. The van der Waals surface area contributed by atoms with Gasteiger partial charge in [0.1, 0.15) is 11.8 Å². The molecule has 104 valence electrons. The minimum Gasteiger partial charge on any atom is -0.508 e. The van der Waals surface area contributed by atoms with Crippen molar-refractivity contribution in [3.8, 4) is 5.75 Å². The Morgan fingerprint density at radius 3 is 2.47 bits per heavy atom. The number of hydrogen-bond donors (Lipinski definition) is 3. The van der Waals surface area contributed by atoms with Crippen LogP contribution < -0.4 is 5.32 Å². The number of phenols is 1. The second-order valence-corrected chi connectivity index (χ2v) is 4.04. The number of alkyl carbamates (subject to hydrolysis) is 1. The maximum atomic E-state index is 11.3. The molecule has 0 radical (unpaired) electrons. The van der Waals surface area contributed by atoms with Crippen LogP contribution in [0.25, 0.3) is 0 Å². The summed E-state index contributed by atoms with van der Waals surface area (Å²) in [5.41, 5.74) is 0.695. The second-order valence-electron chi connectivity index (χ2n) is 4.04. The summed E-state index contributed by atoms with van der Waals surface area (Å²) in [5.74, 6) is -1.03. The van der Waals surface area contributed by atoms with E-state index in [0.717, 1.165) is 0 Å². The lowest BCUT2D eigenvalue weighted by molar-refractivity contribution is -0.139. The van der Waals surface area contributed by atoms with Gasteiger partial charge in [0.05, 0.1) is 6.61 Å². The summed E-state index contributed by atoms with van der Waals surface area (Å²) in [6, 6.07) is 5.07. The fraction of sp³-hybridized carbons (Fsp3) is 0.385. The van der Waals surface area contributed by atoms with Crippen molar-refractivity contribution < 1.29 is 24.5 Å². The third kappa shape index (κ3) is 5.29. The number of ether oxygens (including phenoxy) is 1. The minimum absolute atomic E-state index is 0.103. The number of carbonyl (C=O) groups is 2. The zero-order valence-electron chi connectivity index (χ0n) is 10.6. The lowest BCUT2D eigenvalue weighted by Gasteiger charge is -2.14. The number of nitrogens with one attached hydrogen (secondary N) is 1. The molecule has 0 fully saturated rings. The number of carboxylic acids is 1. The molecule has 0 saturated carbocycles. The molecule has 0 spiro atoms. The minimum atomic E-state index is -1.14. The van der Waals surface area contributed by atoms with Crippen LogP contribution in [0, 0.1) is 0 Å². The van der Waals surface area contributed by atoms with Crippen LogP contribution in [0.4, 0.5) is 4.79 Å². The molecule has 1 rings (SSSR count). The topological polar surface area (TPSA) is 95.9 Å². The van der Waals surface area contributed by atoms with Crippen molar-refractivity contribution in [1.82, 2.24) is 5.32 Å². The first-order chi connectivity index (χ1) is 9.02.